The second kappa shape index (κ2) is 7.12. The highest BCUT2D eigenvalue weighted by molar-refractivity contribution is 9.10. The summed E-state index contributed by atoms with van der Waals surface area (Å²) in [6.07, 6.45) is 6.17. The number of halogens is 1. The number of rotatable bonds is 5. The molecule has 1 fully saturated rings. The smallest absolute Gasteiger partial charge is 0.133 e. The van der Waals surface area contributed by atoms with Gasteiger partial charge in [0.05, 0.1) is 11.6 Å². The van der Waals surface area contributed by atoms with Crippen LogP contribution in [0.25, 0.3) is 0 Å². The van der Waals surface area contributed by atoms with Gasteiger partial charge in [-0.3, -0.25) is 11.3 Å². The van der Waals surface area contributed by atoms with Gasteiger partial charge in [-0.2, -0.15) is 0 Å². The lowest BCUT2D eigenvalue weighted by Crippen LogP contribution is -2.48. The molecule has 0 saturated heterocycles. The van der Waals surface area contributed by atoms with Crippen molar-refractivity contribution in [2.24, 2.45) is 17.2 Å². The van der Waals surface area contributed by atoms with Crippen molar-refractivity contribution in [2.75, 3.05) is 7.11 Å². The summed E-state index contributed by atoms with van der Waals surface area (Å²) in [5.74, 6) is 7.37. The van der Waals surface area contributed by atoms with Crippen LogP contribution in [-0.2, 0) is 6.42 Å². The van der Waals surface area contributed by atoms with E-state index in [4.69, 9.17) is 10.6 Å². The Kier molecular flexibility index (Phi) is 5.69. The molecule has 2 unspecified atom stereocenters. The summed E-state index contributed by atoms with van der Waals surface area (Å²) in [5.41, 5.74) is 4.72. The van der Waals surface area contributed by atoms with E-state index in [9.17, 15) is 0 Å². The van der Waals surface area contributed by atoms with E-state index in [0.717, 1.165) is 16.6 Å². The van der Waals surface area contributed by atoms with Gasteiger partial charge in [-0.05, 0) is 64.2 Å². The van der Waals surface area contributed by atoms with Gasteiger partial charge in [0.15, 0.2) is 0 Å². The fourth-order valence-corrected chi connectivity index (χ4v) is 4.26. The van der Waals surface area contributed by atoms with Crippen molar-refractivity contribution in [3.05, 3.63) is 28.2 Å². The average molecular weight is 355 g/mol. The number of hydrogen-bond acceptors (Lipinski definition) is 3. The zero-order chi connectivity index (χ0) is 15.5. The number of ether oxygens (including phenoxy) is 1. The fraction of sp³-hybridized carbons (Fsp3) is 0.647. The Morgan fingerprint density at radius 3 is 2.76 bits per heavy atom. The van der Waals surface area contributed by atoms with E-state index < -0.39 is 0 Å². The first kappa shape index (κ1) is 16.8. The van der Waals surface area contributed by atoms with Crippen LogP contribution in [0.5, 0.6) is 5.75 Å². The van der Waals surface area contributed by atoms with Crippen molar-refractivity contribution < 1.29 is 4.74 Å². The normalized spacial score (nSPS) is 22.8. The third-order valence-corrected chi connectivity index (χ3v) is 5.58. The summed E-state index contributed by atoms with van der Waals surface area (Å²) >= 11 is 3.56. The van der Waals surface area contributed by atoms with E-state index in [1.807, 2.05) is 6.07 Å². The zero-order valence-corrected chi connectivity index (χ0v) is 14.9. The number of nitrogens with one attached hydrogen (secondary N) is 1. The number of hydrogen-bond donors (Lipinski definition) is 2. The van der Waals surface area contributed by atoms with Crippen LogP contribution in [0.2, 0.25) is 0 Å². The molecule has 118 valence electrons. The third-order valence-electron chi connectivity index (χ3n) is 4.96. The van der Waals surface area contributed by atoms with Crippen molar-refractivity contribution >= 4 is 15.9 Å². The van der Waals surface area contributed by atoms with E-state index in [1.165, 1.54) is 31.2 Å². The van der Waals surface area contributed by atoms with E-state index in [0.29, 0.717) is 17.4 Å². The Labute approximate surface area is 136 Å². The Morgan fingerprint density at radius 1 is 1.43 bits per heavy atom. The summed E-state index contributed by atoms with van der Waals surface area (Å²) in [4.78, 5) is 0. The van der Waals surface area contributed by atoms with Gasteiger partial charge in [0.2, 0.25) is 0 Å². The summed E-state index contributed by atoms with van der Waals surface area (Å²) in [6.45, 7) is 4.76. The molecular weight excluding hydrogens is 328 g/mol. The molecule has 2 atom stereocenters. The molecule has 1 saturated carbocycles. The molecule has 0 radical (unpaired) electrons. The van der Waals surface area contributed by atoms with Gasteiger partial charge in [0, 0.05) is 6.04 Å². The van der Waals surface area contributed by atoms with Crippen molar-refractivity contribution in [1.29, 1.82) is 0 Å². The highest BCUT2D eigenvalue weighted by atomic mass is 79.9. The molecule has 0 spiro atoms. The Bertz CT molecular complexity index is 476. The highest BCUT2D eigenvalue weighted by Crippen LogP contribution is 2.43. The third kappa shape index (κ3) is 3.99. The molecular formula is C17H27BrN2O. The fourth-order valence-electron chi connectivity index (χ4n) is 3.67. The maximum atomic E-state index is 5.88. The molecule has 21 heavy (non-hydrogen) atoms. The maximum absolute atomic E-state index is 5.88. The molecule has 0 heterocycles. The highest BCUT2D eigenvalue weighted by Gasteiger charge is 2.37. The quantitative estimate of drug-likeness (QED) is 0.619. The standard InChI is InChI=1S/C17H27BrN2O/c1-17(2)9-5-4-6-13(17)15(20-19)11-12-7-8-16(21-3)14(18)10-12/h7-8,10,13,15,20H,4-6,9,11,19H2,1-3H3. The van der Waals surface area contributed by atoms with Gasteiger partial charge >= 0.3 is 0 Å². The van der Waals surface area contributed by atoms with Crippen LogP contribution in [-0.4, -0.2) is 13.2 Å². The molecule has 2 rings (SSSR count). The molecule has 0 amide bonds. The lowest BCUT2D eigenvalue weighted by Gasteiger charge is -2.43. The van der Waals surface area contributed by atoms with Crippen LogP contribution >= 0.6 is 15.9 Å². The predicted molar refractivity (Wildman–Crippen MR) is 91.2 cm³/mol. The average Bonchev–Trinajstić information content (AvgIpc) is 2.45. The summed E-state index contributed by atoms with van der Waals surface area (Å²) < 4.78 is 6.29. The van der Waals surface area contributed by atoms with Crippen LogP contribution in [0.1, 0.15) is 45.1 Å². The number of methoxy groups -OCH3 is 1. The molecule has 1 aromatic rings. The SMILES string of the molecule is COc1ccc(CC(NN)C2CCCCC2(C)C)cc1Br. The lowest BCUT2D eigenvalue weighted by atomic mass is 9.65. The number of hydrazine groups is 1. The van der Waals surface area contributed by atoms with E-state index in [-0.39, 0.29) is 0 Å². The largest absolute Gasteiger partial charge is 0.496 e. The molecule has 4 heteroatoms. The minimum atomic E-state index is 0.320. The second-order valence-electron chi connectivity index (χ2n) is 6.79. The number of nitrogens with two attached hydrogens (primary N) is 1. The second-order valence-corrected chi connectivity index (χ2v) is 7.64. The molecule has 0 aromatic heterocycles. The Morgan fingerprint density at radius 2 is 2.19 bits per heavy atom. The molecule has 1 aliphatic carbocycles. The summed E-state index contributed by atoms with van der Waals surface area (Å²) in [6, 6.07) is 6.60. The van der Waals surface area contributed by atoms with Crippen LogP contribution in [0.4, 0.5) is 0 Å². The van der Waals surface area contributed by atoms with Gasteiger partial charge in [-0.1, -0.05) is 32.8 Å². The molecule has 1 aromatic carbocycles. The van der Waals surface area contributed by atoms with Crippen LogP contribution in [0.15, 0.2) is 22.7 Å². The zero-order valence-electron chi connectivity index (χ0n) is 13.3. The van der Waals surface area contributed by atoms with E-state index >= 15 is 0 Å². The van der Waals surface area contributed by atoms with Crippen molar-refractivity contribution in [3.63, 3.8) is 0 Å². The monoisotopic (exact) mass is 354 g/mol. The minimum Gasteiger partial charge on any atom is -0.496 e. The van der Waals surface area contributed by atoms with Crippen molar-refractivity contribution in [3.8, 4) is 5.75 Å². The first-order valence-electron chi connectivity index (χ1n) is 7.76. The summed E-state index contributed by atoms with van der Waals surface area (Å²) in [5, 5.41) is 0. The van der Waals surface area contributed by atoms with Gasteiger partial charge < -0.3 is 4.74 Å². The number of benzene rings is 1. The van der Waals surface area contributed by atoms with Crippen LogP contribution in [0.3, 0.4) is 0 Å². The maximum Gasteiger partial charge on any atom is 0.133 e. The first-order chi connectivity index (χ1) is 9.97. The van der Waals surface area contributed by atoms with Crippen LogP contribution < -0.4 is 16.0 Å². The van der Waals surface area contributed by atoms with E-state index in [1.54, 1.807) is 7.11 Å². The summed E-state index contributed by atoms with van der Waals surface area (Å²) in [7, 11) is 1.69. The van der Waals surface area contributed by atoms with Gasteiger partial charge in [0.25, 0.3) is 0 Å². The minimum absolute atomic E-state index is 0.320. The first-order valence-corrected chi connectivity index (χ1v) is 8.56. The van der Waals surface area contributed by atoms with Gasteiger partial charge in [0.1, 0.15) is 5.75 Å². The van der Waals surface area contributed by atoms with Crippen molar-refractivity contribution in [2.45, 2.75) is 52.0 Å². The molecule has 3 nitrogen and oxygen atoms in total. The van der Waals surface area contributed by atoms with Gasteiger partial charge in [-0.25, -0.2) is 0 Å². The predicted octanol–water partition coefficient (Wildman–Crippen LogP) is 4.05. The van der Waals surface area contributed by atoms with Crippen molar-refractivity contribution in [1.82, 2.24) is 5.43 Å². The Hall–Kier alpha value is -0.580. The van der Waals surface area contributed by atoms with Crippen LogP contribution in [0, 0.1) is 11.3 Å². The molecule has 3 N–H and O–H groups in total. The Balaban J connectivity index is 2.13. The molecule has 0 aliphatic heterocycles. The van der Waals surface area contributed by atoms with Gasteiger partial charge in [-0.15, -0.1) is 0 Å². The topological polar surface area (TPSA) is 47.3 Å². The molecule has 0 bridgehead atoms. The molecule has 1 aliphatic rings. The van der Waals surface area contributed by atoms with E-state index in [2.05, 4.69) is 47.3 Å². The lowest BCUT2D eigenvalue weighted by molar-refractivity contribution is 0.0982.